The average Bonchev–Trinajstić information content (AvgIpc) is 2.84. The summed E-state index contributed by atoms with van der Waals surface area (Å²) in [4.78, 5) is 28.9. The van der Waals surface area contributed by atoms with E-state index in [0.717, 1.165) is 12.1 Å². The molecule has 1 saturated heterocycles. The van der Waals surface area contributed by atoms with Gasteiger partial charge in [-0.3, -0.25) is 9.59 Å². The molecule has 1 amide bonds. The van der Waals surface area contributed by atoms with E-state index in [4.69, 9.17) is 0 Å². The van der Waals surface area contributed by atoms with E-state index in [1.807, 2.05) is 0 Å². The number of carbonyl (C=O) groups excluding carboxylic acids is 2. The molecule has 0 bridgehead atoms. The summed E-state index contributed by atoms with van der Waals surface area (Å²) in [7, 11) is 0. The number of aryl methyl sites for hydroxylation is 1. The van der Waals surface area contributed by atoms with Gasteiger partial charge in [-0.2, -0.15) is 13.2 Å². The maximum atomic E-state index is 12.9. The molecule has 0 aromatic carbocycles. The molecule has 1 aromatic heterocycles. The normalized spacial score (nSPS) is 22.2. The van der Waals surface area contributed by atoms with Crippen LogP contribution in [0, 0.1) is 12.8 Å². The number of Topliss-reactive ketones (excluding diaryl/α,β-unsaturated/α-hetero) is 1. The predicted molar refractivity (Wildman–Crippen MR) is 77.5 cm³/mol. The second kappa shape index (κ2) is 5.69. The molecule has 1 aliphatic heterocycles. The highest BCUT2D eigenvalue weighted by molar-refractivity contribution is 6.04. The van der Waals surface area contributed by atoms with Gasteiger partial charge >= 0.3 is 6.18 Å². The van der Waals surface area contributed by atoms with Crippen LogP contribution in [-0.4, -0.2) is 40.8 Å². The Bertz CT molecular complexity index is 648. The summed E-state index contributed by atoms with van der Waals surface area (Å²) in [5.74, 6) is -1.89. The average molecular weight is 328 g/mol. The van der Waals surface area contributed by atoms with Gasteiger partial charge in [0, 0.05) is 30.8 Å². The highest BCUT2D eigenvalue weighted by atomic mass is 19.4. The lowest BCUT2D eigenvalue weighted by Crippen LogP contribution is -2.44. The highest BCUT2D eigenvalue weighted by Crippen LogP contribution is 2.34. The Kier molecular flexibility index (Phi) is 3.98. The van der Waals surface area contributed by atoms with Crippen molar-refractivity contribution < 1.29 is 22.8 Å². The summed E-state index contributed by atoms with van der Waals surface area (Å²) in [5, 5.41) is 0. The van der Waals surface area contributed by atoms with Gasteiger partial charge < -0.3 is 9.88 Å². The SMILES string of the molecule is Cc1c(C(=O)N2CCCC(C(F)(F)F)C2)[nH]c2c1C(=O)CCC2. The number of aromatic nitrogens is 1. The third-order valence-corrected chi connectivity index (χ3v) is 4.82. The summed E-state index contributed by atoms with van der Waals surface area (Å²) >= 11 is 0. The van der Waals surface area contributed by atoms with Crippen LogP contribution in [0.25, 0.3) is 0 Å². The van der Waals surface area contributed by atoms with Crippen LogP contribution in [0.5, 0.6) is 0 Å². The van der Waals surface area contributed by atoms with Gasteiger partial charge in [0.05, 0.1) is 5.92 Å². The van der Waals surface area contributed by atoms with Gasteiger partial charge in [-0.25, -0.2) is 0 Å². The van der Waals surface area contributed by atoms with Gasteiger partial charge in [-0.05, 0) is 38.2 Å². The number of nitrogens with zero attached hydrogens (tertiary/aromatic N) is 1. The second-order valence-electron chi connectivity index (χ2n) is 6.39. The van der Waals surface area contributed by atoms with Crippen molar-refractivity contribution in [2.75, 3.05) is 13.1 Å². The lowest BCUT2D eigenvalue weighted by Gasteiger charge is -2.33. The Morgan fingerprint density at radius 2 is 2.00 bits per heavy atom. The first-order valence-corrected chi connectivity index (χ1v) is 7.89. The van der Waals surface area contributed by atoms with Crippen molar-refractivity contribution in [1.82, 2.24) is 9.88 Å². The minimum atomic E-state index is -4.28. The van der Waals surface area contributed by atoms with E-state index in [-0.39, 0.29) is 24.4 Å². The molecule has 0 saturated carbocycles. The fourth-order valence-corrected chi connectivity index (χ4v) is 3.57. The van der Waals surface area contributed by atoms with Crippen LogP contribution < -0.4 is 0 Å². The van der Waals surface area contributed by atoms with E-state index in [1.165, 1.54) is 4.90 Å². The largest absolute Gasteiger partial charge is 0.393 e. The number of H-pyrrole nitrogens is 1. The molecule has 1 N–H and O–H groups in total. The summed E-state index contributed by atoms with van der Waals surface area (Å²) in [5.41, 5.74) is 2.15. The van der Waals surface area contributed by atoms with Crippen LogP contribution in [0.1, 0.15) is 57.8 Å². The topological polar surface area (TPSA) is 53.2 Å². The fourth-order valence-electron chi connectivity index (χ4n) is 3.57. The fraction of sp³-hybridized carbons (Fsp3) is 0.625. The minimum absolute atomic E-state index is 0.00543. The Balaban J connectivity index is 1.85. The number of alkyl halides is 3. The van der Waals surface area contributed by atoms with Gasteiger partial charge in [0.2, 0.25) is 0 Å². The quantitative estimate of drug-likeness (QED) is 0.860. The molecule has 1 unspecified atom stereocenters. The van der Waals surface area contributed by atoms with E-state index < -0.39 is 18.0 Å². The second-order valence-corrected chi connectivity index (χ2v) is 6.39. The first-order valence-electron chi connectivity index (χ1n) is 7.89. The number of fused-ring (bicyclic) bond motifs is 1. The number of hydrogen-bond donors (Lipinski definition) is 1. The number of halogens is 3. The van der Waals surface area contributed by atoms with E-state index in [0.29, 0.717) is 36.9 Å². The molecular formula is C16H19F3N2O2. The Morgan fingerprint density at radius 3 is 2.65 bits per heavy atom. The Morgan fingerprint density at radius 1 is 1.26 bits per heavy atom. The van der Waals surface area contributed by atoms with Crippen molar-refractivity contribution in [1.29, 1.82) is 0 Å². The van der Waals surface area contributed by atoms with Gasteiger partial charge in [0.15, 0.2) is 5.78 Å². The number of hydrogen-bond acceptors (Lipinski definition) is 2. The third kappa shape index (κ3) is 2.88. The molecule has 7 heteroatoms. The molecular weight excluding hydrogens is 309 g/mol. The highest BCUT2D eigenvalue weighted by Gasteiger charge is 2.43. The van der Waals surface area contributed by atoms with E-state index in [1.54, 1.807) is 6.92 Å². The monoisotopic (exact) mass is 328 g/mol. The Labute approximate surface area is 132 Å². The van der Waals surface area contributed by atoms with Gasteiger partial charge in [0.25, 0.3) is 5.91 Å². The number of carbonyl (C=O) groups is 2. The first kappa shape index (κ1) is 16.1. The van der Waals surface area contributed by atoms with Crippen molar-refractivity contribution in [3.05, 3.63) is 22.5 Å². The van der Waals surface area contributed by atoms with E-state index in [9.17, 15) is 22.8 Å². The van der Waals surface area contributed by atoms with Gasteiger partial charge in [-0.15, -0.1) is 0 Å². The molecule has 0 spiro atoms. The standard InChI is InChI=1S/C16H19F3N2O2/c1-9-13-11(5-2-6-12(13)22)20-14(9)15(23)21-7-3-4-10(8-21)16(17,18)19/h10,20H,2-8H2,1H3. The van der Waals surface area contributed by atoms with Crippen LogP contribution in [0.15, 0.2) is 0 Å². The maximum Gasteiger partial charge on any atom is 0.393 e. The van der Waals surface area contributed by atoms with E-state index >= 15 is 0 Å². The lowest BCUT2D eigenvalue weighted by molar-refractivity contribution is -0.184. The van der Waals surface area contributed by atoms with Crippen LogP contribution in [0.3, 0.4) is 0 Å². The van der Waals surface area contributed by atoms with Crippen LogP contribution in [0.2, 0.25) is 0 Å². The molecule has 1 atom stereocenters. The maximum absolute atomic E-state index is 12.9. The minimum Gasteiger partial charge on any atom is -0.354 e. The van der Waals surface area contributed by atoms with Crippen molar-refractivity contribution in [3.63, 3.8) is 0 Å². The van der Waals surface area contributed by atoms with Gasteiger partial charge in [-0.1, -0.05) is 0 Å². The number of nitrogens with one attached hydrogen (secondary N) is 1. The zero-order valence-electron chi connectivity index (χ0n) is 12.9. The van der Waals surface area contributed by atoms with Gasteiger partial charge in [0.1, 0.15) is 5.69 Å². The van der Waals surface area contributed by atoms with Crippen LogP contribution in [0.4, 0.5) is 13.2 Å². The van der Waals surface area contributed by atoms with Crippen molar-refractivity contribution in [2.45, 2.75) is 45.2 Å². The summed E-state index contributed by atoms with van der Waals surface area (Å²) in [6.45, 7) is 1.71. The number of aromatic amines is 1. The van der Waals surface area contributed by atoms with Crippen molar-refractivity contribution in [2.24, 2.45) is 5.92 Å². The van der Waals surface area contributed by atoms with Crippen LogP contribution >= 0.6 is 0 Å². The third-order valence-electron chi connectivity index (χ3n) is 4.82. The molecule has 23 heavy (non-hydrogen) atoms. The molecule has 4 nitrogen and oxygen atoms in total. The number of likely N-dealkylation sites (tertiary alicyclic amines) is 1. The molecule has 3 rings (SSSR count). The number of ketones is 1. The molecule has 1 fully saturated rings. The van der Waals surface area contributed by atoms with Crippen molar-refractivity contribution >= 4 is 11.7 Å². The number of amides is 1. The number of piperidine rings is 1. The van der Waals surface area contributed by atoms with E-state index in [2.05, 4.69) is 4.98 Å². The number of rotatable bonds is 1. The molecule has 2 heterocycles. The summed E-state index contributed by atoms with van der Waals surface area (Å²) in [6.07, 6.45) is -1.99. The first-order chi connectivity index (χ1) is 10.8. The Hall–Kier alpha value is -1.79. The lowest BCUT2D eigenvalue weighted by atomic mass is 9.93. The zero-order valence-corrected chi connectivity index (χ0v) is 12.9. The molecule has 2 aliphatic rings. The molecule has 0 radical (unpaired) electrons. The van der Waals surface area contributed by atoms with Crippen LogP contribution in [-0.2, 0) is 6.42 Å². The molecule has 126 valence electrons. The summed E-state index contributed by atoms with van der Waals surface area (Å²) in [6, 6.07) is 0. The zero-order chi connectivity index (χ0) is 16.8. The van der Waals surface area contributed by atoms with Crippen molar-refractivity contribution in [3.8, 4) is 0 Å². The molecule has 1 aromatic rings. The molecule has 1 aliphatic carbocycles. The summed E-state index contributed by atoms with van der Waals surface area (Å²) < 4.78 is 38.7. The predicted octanol–water partition coefficient (Wildman–Crippen LogP) is 3.26. The smallest absolute Gasteiger partial charge is 0.354 e.